The van der Waals surface area contributed by atoms with Crippen LogP contribution in [0, 0.1) is 0 Å². The van der Waals surface area contributed by atoms with E-state index in [1.807, 2.05) is 0 Å². The lowest BCUT2D eigenvalue weighted by molar-refractivity contribution is -0.151. The molecule has 37 heavy (non-hydrogen) atoms. The van der Waals surface area contributed by atoms with E-state index in [1.54, 1.807) is 18.2 Å². The van der Waals surface area contributed by atoms with Gasteiger partial charge in [-0.3, -0.25) is 24.6 Å². The number of nitrogens with one attached hydrogen (secondary N) is 2. The summed E-state index contributed by atoms with van der Waals surface area (Å²) < 4.78 is 32.1. The summed E-state index contributed by atoms with van der Waals surface area (Å²) >= 11 is 1.24. The molecule has 2 aliphatic heterocycles. The Labute approximate surface area is 216 Å². The lowest BCUT2D eigenvalue weighted by atomic mass is 10.0. The minimum atomic E-state index is -3.30. The third kappa shape index (κ3) is 7.22. The number of carbonyl (C=O) groups excluding carboxylic acids is 4. The van der Waals surface area contributed by atoms with E-state index in [0.717, 1.165) is 11.2 Å². The van der Waals surface area contributed by atoms with Gasteiger partial charge in [-0.15, -0.1) is 11.8 Å². The third-order valence-corrected chi connectivity index (χ3v) is 7.56. The molecule has 200 valence electrons. The fourth-order valence-electron chi connectivity index (χ4n) is 3.61. The van der Waals surface area contributed by atoms with Gasteiger partial charge >= 0.3 is 18.0 Å². The maximum absolute atomic E-state index is 12.7. The first-order valence-corrected chi connectivity index (χ1v) is 14.0. The smallest absolute Gasteiger partial charge is 0.411 e. The maximum atomic E-state index is 12.7. The highest BCUT2D eigenvalue weighted by atomic mass is 32.2. The van der Waals surface area contributed by atoms with Gasteiger partial charge in [-0.2, -0.15) is 0 Å². The molecule has 3 amide bonds. The van der Waals surface area contributed by atoms with Crippen LogP contribution in [0.1, 0.15) is 12.5 Å². The molecule has 0 unspecified atom stereocenters. The highest BCUT2D eigenvalue weighted by molar-refractivity contribution is 8.00. The van der Waals surface area contributed by atoms with Crippen LogP contribution in [0.4, 0.5) is 10.5 Å². The molecule has 0 bridgehead atoms. The number of amides is 3. The highest BCUT2D eigenvalue weighted by Crippen LogP contribution is 2.40. The Morgan fingerprint density at radius 3 is 2.54 bits per heavy atom. The van der Waals surface area contributed by atoms with Crippen molar-refractivity contribution in [1.29, 1.82) is 0 Å². The van der Waals surface area contributed by atoms with Crippen LogP contribution in [0.15, 0.2) is 35.5 Å². The Kier molecular flexibility index (Phi) is 8.81. The summed E-state index contributed by atoms with van der Waals surface area (Å²) in [6.45, 7) is 0.607. The molecular weight excluding hydrogens is 530 g/mol. The van der Waals surface area contributed by atoms with Gasteiger partial charge in [0, 0.05) is 30.2 Å². The summed E-state index contributed by atoms with van der Waals surface area (Å²) in [7, 11) is -3.30. The van der Waals surface area contributed by atoms with Crippen LogP contribution in [0.25, 0.3) is 0 Å². The van der Waals surface area contributed by atoms with Gasteiger partial charge in [0.25, 0.3) is 5.91 Å². The minimum absolute atomic E-state index is 0.198. The normalized spacial score (nSPS) is 18.9. The number of fused-ring (bicyclic) bond motifs is 1. The number of benzene rings is 1. The number of β-lactam (4-membered cyclic amide) rings is 1. The summed E-state index contributed by atoms with van der Waals surface area (Å²) in [4.78, 5) is 61.4. The van der Waals surface area contributed by atoms with Gasteiger partial charge in [-0.1, -0.05) is 18.2 Å². The maximum Gasteiger partial charge on any atom is 0.411 e. The van der Waals surface area contributed by atoms with Gasteiger partial charge in [0.05, 0.1) is 12.2 Å². The monoisotopic (exact) mass is 555 g/mol. The van der Waals surface area contributed by atoms with Crippen LogP contribution in [0.3, 0.4) is 0 Å². The number of thioether (sulfide) groups is 1. The number of carbonyl (C=O) groups is 5. The van der Waals surface area contributed by atoms with E-state index in [0.29, 0.717) is 5.56 Å². The summed E-state index contributed by atoms with van der Waals surface area (Å²) in [5, 5.41) is 14.0. The minimum Gasteiger partial charge on any atom is -0.477 e. The molecule has 0 spiro atoms. The number of para-hydroxylation sites is 1. The number of aliphatic carboxylic acids is 1. The zero-order valence-corrected chi connectivity index (χ0v) is 21.5. The van der Waals surface area contributed by atoms with Crippen LogP contribution in [-0.4, -0.2) is 90.7 Å². The molecule has 15 heteroatoms. The number of ether oxygens (including phenoxy) is 2. The second-order valence-electron chi connectivity index (χ2n) is 8.22. The van der Waals surface area contributed by atoms with Gasteiger partial charge in [0.15, 0.2) is 9.84 Å². The zero-order chi connectivity index (χ0) is 27.3. The van der Waals surface area contributed by atoms with Crippen molar-refractivity contribution in [3.8, 4) is 0 Å². The average Bonchev–Trinajstić information content (AvgIpc) is 2.80. The molecular formula is C22H25N3O10S2. The quantitative estimate of drug-likeness (QED) is 0.263. The first-order chi connectivity index (χ1) is 17.4. The zero-order valence-electron chi connectivity index (χ0n) is 19.9. The summed E-state index contributed by atoms with van der Waals surface area (Å²) in [6.07, 6.45) is -0.0846. The molecule has 2 atom stereocenters. The summed E-state index contributed by atoms with van der Waals surface area (Å²) in [5.74, 6) is -3.20. The number of carboxylic acids is 1. The summed E-state index contributed by atoms with van der Waals surface area (Å²) in [6, 6.07) is 5.42. The fourth-order valence-corrected chi connectivity index (χ4v) is 5.32. The van der Waals surface area contributed by atoms with Crippen LogP contribution in [-0.2, 0) is 44.9 Å². The molecule has 1 aromatic carbocycles. The van der Waals surface area contributed by atoms with Crippen molar-refractivity contribution < 1.29 is 47.0 Å². The number of hydrogen-bond acceptors (Lipinski definition) is 10. The van der Waals surface area contributed by atoms with Crippen molar-refractivity contribution in [1.82, 2.24) is 10.2 Å². The Balaban J connectivity index is 1.61. The molecule has 2 heterocycles. The Morgan fingerprint density at radius 1 is 1.19 bits per heavy atom. The van der Waals surface area contributed by atoms with Crippen molar-refractivity contribution in [3.05, 3.63) is 41.1 Å². The molecule has 3 N–H and O–H groups in total. The topological polar surface area (TPSA) is 185 Å². The second kappa shape index (κ2) is 11.6. The molecule has 1 saturated heterocycles. The molecule has 1 fully saturated rings. The largest absolute Gasteiger partial charge is 0.477 e. The van der Waals surface area contributed by atoms with Crippen molar-refractivity contribution in [2.75, 3.05) is 36.3 Å². The van der Waals surface area contributed by atoms with Gasteiger partial charge in [0.2, 0.25) is 5.91 Å². The molecule has 2 aliphatic rings. The first-order valence-electron chi connectivity index (χ1n) is 10.9. The van der Waals surface area contributed by atoms with E-state index in [9.17, 15) is 37.5 Å². The fraction of sp³-hybridized carbons (Fsp3) is 0.409. The Hall–Kier alpha value is -3.59. The molecule has 0 radical (unpaired) electrons. The number of rotatable bonds is 10. The van der Waals surface area contributed by atoms with E-state index in [2.05, 4.69) is 10.6 Å². The number of nitrogens with zero attached hydrogens (tertiary/aromatic N) is 1. The van der Waals surface area contributed by atoms with Crippen molar-refractivity contribution in [2.24, 2.45) is 0 Å². The molecule has 0 aliphatic carbocycles. The van der Waals surface area contributed by atoms with Crippen molar-refractivity contribution in [3.63, 3.8) is 0 Å². The first kappa shape index (κ1) is 28.0. The van der Waals surface area contributed by atoms with Crippen LogP contribution in [0.2, 0.25) is 0 Å². The van der Waals surface area contributed by atoms with Gasteiger partial charge < -0.3 is 19.9 Å². The van der Waals surface area contributed by atoms with Gasteiger partial charge in [-0.25, -0.2) is 18.0 Å². The van der Waals surface area contributed by atoms with E-state index >= 15 is 0 Å². The number of anilines is 1. The highest BCUT2D eigenvalue weighted by Gasteiger charge is 2.54. The van der Waals surface area contributed by atoms with Gasteiger partial charge in [0.1, 0.15) is 30.3 Å². The predicted molar refractivity (Wildman–Crippen MR) is 131 cm³/mol. The summed E-state index contributed by atoms with van der Waals surface area (Å²) in [5.41, 5.74) is 0.700. The van der Waals surface area contributed by atoms with E-state index in [1.165, 1.54) is 24.8 Å². The molecule has 13 nitrogen and oxygen atoms in total. The number of esters is 1. The molecule has 0 saturated carbocycles. The second-order valence-corrected chi connectivity index (χ2v) is 11.6. The third-order valence-electron chi connectivity index (χ3n) is 5.31. The SMILES string of the molecule is CC(=O)OCC1=C(C(=O)O)N2C(=O)[C@@H](NC(=O)Cc3ccccc3NC(=O)OCCS(C)(=O)=O)[C@H]2SC1. The number of carboxylic acid groups (broad SMARTS) is 1. The molecule has 1 aromatic rings. The van der Waals surface area contributed by atoms with E-state index in [-0.39, 0.29) is 48.1 Å². The van der Waals surface area contributed by atoms with Gasteiger partial charge in [-0.05, 0) is 11.6 Å². The lowest BCUT2D eigenvalue weighted by Gasteiger charge is -2.49. The Bertz CT molecular complexity index is 1260. The predicted octanol–water partition coefficient (Wildman–Crippen LogP) is 0.124. The van der Waals surface area contributed by atoms with Crippen LogP contribution >= 0.6 is 11.8 Å². The Morgan fingerprint density at radius 2 is 1.89 bits per heavy atom. The van der Waals surface area contributed by atoms with E-state index in [4.69, 9.17) is 9.47 Å². The lowest BCUT2D eigenvalue weighted by Crippen LogP contribution is -2.70. The average molecular weight is 556 g/mol. The van der Waals surface area contributed by atoms with E-state index < -0.39 is 51.1 Å². The van der Waals surface area contributed by atoms with Crippen LogP contribution in [0.5, 0.6) is 0 Å². The number of hydrogen-bond donors (Lipinski definition) is 3. The van der Waals surface area contributed by atoms with Crippen molar-refractivity contribution in [2.45, 2.75) is 24.8 Å². The van der Waals surface area contributed by atoms with Crippen LogP contribution < -0.4 is 10.6 Å². The molecule has 3 rings (SSSR count). The van der Waals surface area contributed by atoms with Crippen molar-refractivity contribution >= 4 is 57.1 Å². The molecule has 0 aromatic heterocycles. The standard InChI is InChI=1S/C22H25N3O10S2/c1-12(26)35-10-14-11-36-20-17(19(28)25(20)18(14)21(29)30)24-16(27)9-13-5-3-4-6-15(13)23-22(31)34-7-8-37(2,32)33/h3-6,17,20H,7-11H2,1-2H3,(H,23,31)(H,24,27)(H,29,30)/t17-,20-/m1/s1. The number of sulfone groups is 1.